The topological polar surface area (TPSA) is 75.4 Å². The average molecular weight is 402 g/mol. The van der Waals surface area contributed by atoms with Crippen molar-refractivity contribution in [1.82, 2.24) is 10.2 Å². The Bertz CT molecular complexity index is 789. The molecule has 0 aliphatic carbocycles. The Kier molecular flexibility index (Phi) is 7.88. The second-order valence-corrected chi connectivity index (χ2v) is 7.07. The molecule has 1 aliphatic rings. The third-order valence-corrected chi connectivity index (χ3v) is 5.20. The van der Waals surface area contributed by atoms with Crippen LogP contribution in [0.5, 0.6) is 0 Å². The predicted molar refractivity (Wildman–Crippen MR) is 115 cm³/mol. The summed E-state index contributed by atoms with van der Waals surface area (Å²) in [6.45, 7) is 3.39. The minimum Gasteiger partial charge on any atom is -0.399 e. The van der Waals surface area contributed by atoms with E-state index in [2.05, 4.69) is 5.32 Å². The Balaban J connectivity index is 0.00000280. The summed E-state index contributed by atoms with van der Waals surface area (Å²) in [5, 5.41) is 3.06. The van der Waals surface area contributed by atoms with Gasteiger partial charge in [-0.15, -0.1) is 12.4 Å². The fourth-order valence-electron chi connectivity index (χ4n) is 3.65. The van der Waals surface area contributed by atoms with Crippen molar-refractivity contribution in [2.75, 3.05) is 18.8 Å². The molecular formula is C22H28ClN3O2. The zero-order valence-electron chi connectivity index (χ0n) is 16.1. The van der Waals surface area contributed by atoms with Crippen molar-refractivity contribution in [3.05, 3.63) is 65.7 Å². The second kappa shape index (κ2) is 10.1. The van der Waals surface area contributed by atoms with E-state index < -0.39 is 0 Å². The summed E-state index contributed by atoms with van der Waals surface area (Å²) in [5.41, 5.74) is 7.97. The average Bonchev–Trinajstić information content (AvgIpc) is 2.70. The largest absolute Gasteiger partial charge is 0.399 e. The Morgan fingerprint density at radius 2 is 1.79 bits per heavy atom. The molecular weight excluding hydrogens is 374 g/mol. The van der Waals surface area contributed by atoms with E-state index in [0.717, 1.165) is 24.8 Å². The molecule has 2 amide bonds. The van der Waals surface area contributed by atoms with E-state index >= 15 is 0 Å². The highest BCUT2D eigenvalue weighted by Gasteiger charge is 2.28. The molecule has 2 aromatic carbocycles. The number of nitrogens with zero attached hydrogens (tertiary/aromatic N) is 1. The first-order chi connectivity index (χ1) is 13.1. The molecule has 1 saturated heterocycles. The lowest BCUT2D eigenvalue weighted by molar-refractivity contribution is -0.134. The standard InChI is InChI=1S/C22H27N3O2.ClH/c1-2-20(16-7-4-3-5-8-16)22(27)25-13-11-19(12-14-25)24-21(26)17-9-6-10-18(23)15-17;/h3-10,15,19-20H,2,11-14,23H2,1H3,(H,24,26);1H. The van der Waals surface area contributed by atoms with Crippen LogP contribution in [0.1, 0.15) is 48.0 Å². The maximum atomic E-state index is 12.9. The number of rotatable bonds is 5. The number of nitrogen functional groups attached to an aromatic ring is 1. The van der Waals surface area contributed by atoms with Crippen molar-refractivity contribution in [2.45, 2.75) is 38.1 Å². The molecule has 1 heterocycles. The van der Waals surface area contributed by atoms with Crippen molar-refractivity contribution < 1.29 is 9.59 Å². The third-order valence-electron chi connectivity index (χ3n) is 5.20. The van der Waals surface area contributed by atoms with E-state index in [1.807, 2.05) is 42.2 Å². The van der Waals surface area contributed by atoms with E-state index in [1.54, 1.807) is 24.3 Å². The van der Waals surface area contributed by atoms with Crippen molar-refractivity contribution in [1.29, 1.82) is 0 Å². The van der Waals surface area contributed by atoms with Crippen LogP contribution in [0.25, 0.3) is 0 Å². The van der Waals surface area contributed by atoms with Gasteiger partial charge in [0.25, 0.3) is 5.91 Å². The van der Waals surface area contributed by atoms with Crippen molar-refractivity contribution in [3.63, 3.8) is 0 Å². The number of hydrogen-bond donors (Lipinski definition) is 2. The maximum Gasteiger partial charge on any atom is 0.251 e. The molecule has 3 rings (SSSR count). The molecule has 0 bridgehead atoms. The lowest BCUT2D eigenvalue weighted by Gasteiger charge is -2.34. The van der Waals surface area contributed by atoms with Crippen LogP contribution in [0.15, 0.2) is 54.6 Å². The van der Waals surface area contributed by atoms with Gasteiger partial charge in [0.15, 0.2) is 0 Å². The van der Waals surface area contributed by atoms with Gasteiger partial charge in [-0.3, -0.25) is 9.59 Å². The molecule has 1 unspecified atom stereocenters. The van der Waals surface area contributed by atoms with Gasteiger partial charge in [-0.05, 0) is 43.0 Å². The summed E-state index contributed by atoms with van der Waals surface area (Å²) in [5.74, 6) is -0.0169. The Hall–Kier alpha value is -2.53. The van der Waals surface area contributed by atoms with E-state index in [-0.39, 0.29) is 36.2 Å². The number of likely N-dealkylation sites (tertiary alicyclic amines) is 1. The Morgan fingerprint density at radius 1 is 1.11 bits per heavy atom. The fourth-order valence-corrected chi connectivity index (χ4v) is 3.65. The Morgan fingerprint density at radius 3 is 2.39 bits per heavy atom. The quantitative estimate of drug-likeness (QED) is 0.751. The molecule has 0 radical (unpaired) electrons. The van der Waals surface area contributed by atoms with Crippen LogP contribution in [0, 0.1) is 0 Å². The second-order valence-electron chi connectivity index (χ2n) is 7.07. The fraction of sp³-hybridized carbons (Fsp3) is 0.364. The van der Waals surface area contributed by atoms with E-state index in [1.165, 1.54) is 0 Å². The van der Waals surface area contributed by atoms with Gasteiger partial charge in [-0.2, -0.15) is 0 Å². The highest BCUT2D eigenvalue weighted by Crippen LogP contribution is 2.24. The van der Waals surface area contributed by atoms with Crippen molar-refractivity contribution >= 4 is 29.9 Å². The number of benzene rings is 2. The van der Waals surface area contributed by atoms with Crippen LogP contribution in [0.2, 0.25) is 0 Å². The molecule has 3 N–H and O–H groups in total. The van der Waals surface area contributed by atoms with Crippen LogP contribution < -0.4 is 11.1 Å². The number of carbonyl (C=O) groups excluding carboxylic acids is 2. The maximum absolute atomic E-state index is 12.9. The molecule has 150 valence electrons. The smallest absolute Gasteiger partial charge is 0.251 e. The summed E-state index contributed by atoms with van der Waals surface area (Å²) < 4.78 is 0. The highest BCUT2D eigenvalue weighted by molar-refractivity contribution is 5.95. The molecule has 1 aliphatic heterocycles. The van der Waals surface area contributed by atoms with Gasteiger partial charge in [0.2, 0.25) is 5.91 Å². The number of piperidine rings is 1. The normalized spacial score (nSPS) is 15.4. The molecule has 5 nitrogen and oxygen atoms in total. The first-order valence-electron chi connectivity index (χ1n) is 9.58. The molecule has 1 fully saturated rings. The minimum atomic E-state index is -0.109. The molecule has 28 heavy (non-hydrogen) atoms. The van der Waals surface area contributed by atoms with Crippen LogP contribution >= 0.6 is 12.4 Å². The van der Waals surface area contributed by atoms with Gasteiger partial charge in [0.05, 0.1) is 5.92 Å². The summed E-state index contributed by atoms with van der Waals surface area (Å²) in [4.78, 5) is 27.3. The lowest BCUT2D eigenvalue weighted by atomic mass is 9.93. The monoisotopic (exact) mass is 401 g/mol. The third kappa shape index (κ3) is 5.26. The minimum absolute atomic E-state index is 0. The van der Waals surface area contributed by atoms with Gasteiger partial charge in [-0.1, -0.05) is 43.3 Å². The molecule has 0 aromatic heterocycles. The van der Waals surface area contributed by atoms with Gasteiger partial charge >= 0.3 is 0 Å². The predicted octanol–water partition coefficient (Wildman–Crippen LogP) is 3.61. The molecule has 2 aromatic rings. The summed E-state index contributed by atoms with van der Waals surface area (Å²) in [7, 11) is 0. The number of anilines is 1. The summed E-state index contributed by atoms with van der Waals surface area (Å²) >= 11 is 0. The number of halogens is 1. The van der Waals surface area contributed by atoms with E-state index in [9.17, 15) is 9.59 Å². The molecule has 6 heteroatoms. The van der Waals surface area contributed by atoms with Crippen molar-refractivity contribution in [3.8, 4) is 0 Å². The lowest BCUT2D eigenvalue weighted by Crippen LogP contribution is -2.47. The van der Waals surface area contributed by atoms with Gasteiger partial charge in [0, 0.05) is 30.4 Å². The van der Waals surface area contributed by atoms with Gasteiger partial charge < -0.3 is 16.0 Å². The first kappa shape index (κ1) is 21.8. The number of carbonyl (C=O) groups is 2. The van der Waals surface area contributed by atoms with E-state index in [4.69, 9.17) is 5.73 Å². The summed E-state index contributed by atoms with van der Waals surface area (Å²) in [6, 6.07) is 17.0. The SMILES string of the molecule is CCC(C(=O)N1CCC(NC(=O)c2cccc(N)c2)CC1)c1ccccc1.Cl. The van der Waals surface area contributed by atoms with Crippen LogP contribution in [-0.4, -0.2) is 35.8 Å². The first-order valence-corrected chi connectivity index (χ1v) is 9.58. The Labute approximate surface area is 172 Å². The van der Waals surface area contributed by atoms with Crippen LogP contribution in [-0.2, 0) is 4.79 Å². The van der Waals surface area contributed by atoms with Crippen LogP contribution in [0.3, 0.4) is 0 Å². The zero-order valence-corrected chi connectivity index (χ0v) is 17.0. The number of nitrogens with one attached hydrogen (secondary N) is 1. The molecule has 0 saturated carbocycles. The molecule has 1 atom stereocenters. The van der Waals surface area contributed by atoms with Crippen molar-refractivity contribution in [2.24, 2.45) is 0 Å². The summed E-state index contributed by atoms with van der Waals surface area (Å²) in [6.07, 6.45) is 2.32. The van der Waals surface area contributed by atoms with Gasteiger partial charge in [-0.25, -0.2) is 0 Å². The van der Waals surface area contributed by atoms with E-state index in [0.29, 0.717) is 24.3 Å². The highest BCUT2D eigenvalue weighted by atomic mass is 35.5. The van der Waals surface area contributed by atoms with Crippen LogP contribution in [0.4, 0.5) is 5.69 Å². The number of amides is 2. The molecule has 0 spiro atoms. The number of nitrogens with two attached hydrogens (primary N) is 1. The zero-order chi connectivity index (χ0) is 19.2. The number of hydrogen-bond acceptors (Lipinski definition) is 3. The van der Waals surface area contributed by atoms with Gasteiger partial charge in [0.1, 0.15) is 0 Å².